The fourth-order valence-electron chi connectivity index (χ4n) is 2.17. The Labute approximate surface area is 127 Å². The summed E-state index contributed by atoms with van der Waals surface area (Å²) < 4.78 is 5.78. The van der Waals surface area contributed by atoms with Crippen molar-refractivity contribution >= 4 is 0 Å². The quantitative estimate of drug-likeness (QED) is 0.833. The summed E-state index contributed by atoms with van der Waals surface area (Å²) in [6.45, 7) is 7.89. The Morgan fingerprint density at radius 2 is 1.90 bits per heavy atom. The SMILES string of the molecule is CCCNC(C)c1ccc(OCc2cccc(C)n2)cc1. The van der Waals surface area contributed by atoms with Crippen molar-refractivity contribution in [3.8, 4) is 5.75 Å². The lowest BCUT2D eigenvalue weighted by Crippen LogP contribution is -2.19. The van der Waals surface area contributed by atoms with E-state index in [1.54, 1.807) is 0 Å². The maximum absolute atomic E-state index is 5.78. The maximum atomic E-state index is 5.78. The molecule has 1 unspecified atom stereocenters. The van der Waals surface area contributed by atoms with Crippen molar-refractivity contribution in [1.82, 2.24) is 10.3 Å². The van der Waals surface area contributed by atoms with E-state index < -0.39 is 0 Å². The summed E-state index contributed by atoms with van der Waals surface area (Å²) in [5.74, 6) is 0.879. The van der Waals surface area contributed by atoms with Crippen molar-refractivity contribution in [2.75, 3.05) is 6.54 Å². The van der Waals surface area contributed by atoms with Gasteiger partial charge in [-0.2, -0.15) is 0 Å². The highest BCUT2D eigenvalue weighted by Gasteiger charge is 2.04. The smallest absolute Gasteiger partial charge is 0.130 e. The molecule has 0 saturated carbocycles. The van der Waals surface area contributed by atoms with E-state index >= 15 is 0 Å². The Morgan fingerprint density at radius 1 is 1.14 bits per heavy atom. The van der Waals surface area contributed by atoms with Gasteiger partial charge in [-0.25, -0.2) is 0 Å². The van der Waals surface area contributed by atoms with Crippen LogP contribution >= 0.6 is 0 Å². The topological polar surface area (TPSA) is 34.1 Å². The molecule has 0 aliphatic carbocycles. The Kier molecular flexibility index (Phi) is 5.76. The van der Waals surface area contributed by atoms with E-state index in [4.69, 9.17) is 4.74 Å². The summed E-state index contributed by atoms with van der Waals surface area (Å²) >= 11 is 0. The van der Waals surface area contributed by atoms with Gasteiger partial charge in [0, 0.05) is 11.7 Å². The van der Waals surface area contributed by atoms with Gasteiger partial charge in [0.05, 0.1) is 5.69 Å². The van der Waals surface area contributed by atoms with Crippen molar-refractivity contribution in [1.29, 1.82) is 0 Å². The Bertz CT molecular complexity index is 551. The third-order valence-electron chi connectivity index (χ3n) is 3.41. The summed E-state index contributed by atoms with van der Waals surface area (Å²) in [4.78, 5) is 4.43. The molecule has 0 aliphatic rings. The lowest BCUT2D eigenvalue weighted by atomic mass is 10.1. The zero-order valence-corrected chi connectivity index (χ0v) is 13.1. The molecule has 0 saturated heterocycles. The Balaban J connectivity index is 1.90. The predicted octanol–water partition coefficient (Wildman–Crippen LogP) is 4.03. The molecule has 0 amide bonds. The number of hydrogen-bond acceptors (Lipinski definition) is 3. The van der Waals surface area contributed by atoms with Crippen LogP contribution in [0.3, 0.4) is 0 Å². The van der Waals surface area contributed by atoms with Crippen molar-refractivity contribution in [2.24, 2.45) is 0 Å². The molecule has 112 valence electrons. The molecule has 0 aliphatic heterocycles. The molecule has 0 spiro atoms. The van der Waals surface area contributed by atoms with E-state index in [1.807, 2.05) is 37.3 Å². The van der Waals surface area contributed by atoms with E-state index in [0.29, 0.717) is 12.6 Å². The number of pyridine rings is 1. The minimum Gasteiger partial charge on any atom is -0.487 e. The Morgan fingerprint density at radius 3 is 2.57 bits per heavy atom. The highest BCUT2D eigenvalue weighted by atomic mass is 16.5. The van der Waals surface area contributed by atoms with Gasteiger partial charge in [0.1, 0.15) is 12.4 Å². The lowest BCUT2D eigenvalue weighted by molar-refractivity contribution is 0.301. The number of nitrogens with zero attached hydrogens (tertiary/aromatic N) is 1. The van der Waals surface area contributed by atoms with E-state index in [1.165, 1.54) is 5.56 Å². The van der Waals surface area contributed by atoms with Crippen LogP contribution in [0.1, 0.15) is 43.3 Å². The molecule has 1 atom stereocenters. The highest BCUT2D eigenvalue weighted by Crippen LogP contribution is 2.18. The maximum Gasteiger partial charge on any atom is 0.130 e. The van der Waals surface area contributed by atoms with Crippen LogP contribution in [-0.4, -0.2) is 11.5 Å². The minimum absolute atomic E-state index is 0.373. The first kappa shape index (κ1) is 15.5. The first-order chi connectivity index (χ1) is 10.2. The summed E-state index contributed by atoms with van der Waals surface area (Å²) in [5, 5.41) is 3.48. The molecule has 3 nitrogen and oxygen atoms in total. The molecule has 0 fully saturated rings. The van der Waals surface area contributed by atoms with Gasteiger partial charge in [-0.15, -0.1) is 0 Å². The van der Waals surface area contributed by atoms with Gasteiger partial charge in [-0.1, -0.05) is 25.1 Å². The van der Waals surface area contributed by atoms with Gasteiger partial charge in [0.25, 0.3) is 0 Å². The second kappa shape index (κ2) is 7.79. The normalized spacial score (nSPS) is 12.1. The molecule has 1 aromatic carbocycles. The van der Waals surface area contributed by atoms with Crippen molar-refractivity contribution in [3.05, 3.63) is 59.4 Å². The fraction of sp³-hybridized carbons (Fsp3) is 0.389. The van der Waals surface area contributed by atoms with Crippen LogP contribution in [0.25, 0.3) is 0 Å². The van der Waals surface area contributed by atoms with E-state index in [0.717, 1.165) is 30.1 Å². The molecular formula is C18H24N2O. The highest BCUT2D eigenvalue weighted by molar-refractivity contribution is 5.29. The lowest BCUT2D eigenvalue weighted by Gasteiger charge is -2.14. The third kappa shape index (κ3) is 4.87. The van der Waals surface area contributed by atoms with Crippen molar-refractivity contribution < 1.29 is 4.74 Å². The van der Waals surface area contributed by atoms with Crippen LogP contribution in [0.4, 0.5) is 0 Å². The van der Waals surface area contributed by atoms with Crippen molar-refractivity contribution in [3.63, 3.8) is 0 Å². The number of aryl methyl sites for hydroxylation is 1. The minimum atomic E-state index is 0.373. The number of nitrogens with one attached hydrogen (secondary N) is 1. The molecule has 2 rings (SSSR count). The van der Waals surface area contributed by atoms with Crippen LogP contribution in [0.5, 0.6) is 5.75 Å². The second-order valence-corrected chi connectivity index (χ2v) is 5.30. The summed E-state index contributed by atoms with van der Waals surface area (Å²) in [6.07, 6.45) is 1.15. The van der Waals surface area contributed by atoms with Gasteiger partial charge < -0.3 is 10.1 Å². The van der Waals surface area contributed by atoms with Crippen LogP contribution in [-0.2, 0) is 6.61 Å². The summed E-state index contributed by atoms with van der Waals surface area (Å²) in [6, 6.07) is 14.6. The first-order valence-corrected chi connectivity index (χ1v) is 7.57. The van der Waals surface area contributed by atoms with Gasteiger partial charge in [-0.3, -0.25) is 4.98 Å². The molecule has 1 heterocycles. The van der Waals surface area contributed by atoms with Crippen molar-refractivity contribution in [2.45, 2.75) is 39.8 Å². The first-order valence-electron chi connectivity index (χ1n) is 7.57. The van der Waals surface area contributed by atoms with Crippen LogP contribution < -0.4 is 10.1 Å². The summed E-state index contributed by atoms with van der Waals surface area (Å²) in [7, 11) is 0. The predicted molar refractivity (Wildman–Crippen MR) is 86.5 cm³/mol. The van der Waals surface area contributed by atoms with Crippen LogP contribution in [0, 0.1) is 6.92 Å². The van der Waals surface area contributed by atoms with E-state index in [9.17, 15) is 0 Å². The average molecular weight is 284 g/mol. The molecule has 3 heteroatoms. The molecule has 1 aromatic heterocycles. The fourth-order valence-corrected chi connectivity index (χ4v) is 2.17. The summed E-state index contributed by atoms with van der Waals surface area (Å²) in [5.41, 5.74) is 3.25. The number of aromatic nitrogens is 1. The van der Waals surface area contributed by atoms with Gasteiger partial charge in [-0.05, 0) is 56.6 Å². The van der Waals surface area contributed by atoms with Crippen LogP contribution in [0.15, 0.2) is 42.5 Å². The molecule has 0 bridgehead atoms. The monoisotopic (exact) mass is 284 g/mol. The largest absolute Gasteiger partial charge is 0.487 e. The van der Waals surface area contributed by atoms with Gasteiger partial charge in [0.2, 0.25) is 0 Å². The zero-order valence-electron chi connectivity index (χ0n) is 13.1. The van der Waals surface area contributed by atoms with E-state index in [-0.39, 0.29) is 0 Å². The second-order valence-electron chi connectivity index (χ2n) is 5.30. The van der Waals surface area contributed by atoms with Gasteiger partial charge >= 0.3 is 0 Å². The van der Waals surface area contributed by atoms with Gasteiger partial charge in [0.15, 0.2) is 0 Å². The van der Waals surface area contributed by atoms with E-state index in [2.05, 4.69) is 36.3 Å². The molecular weight excluding hydrogens is 260 g/mol. The molecule has 21 heavy (non-hydrogen) atoms. The van der Waals surface area contributed by atoms with Crippen LogP contribution in [0.2, 0.25) is 0 Å². The molecule has 2 aromatic rings. The standard InChI is InChI=1S/C18H24N2O/c1-4-12-19-15(3)16-8-10-18(11-9-16)21-13-17-7-5-6-14(2)20-17/h5-11,15,19H,4,12-13H2,1-3H3. The third-order valence-corrected chi connectivity index (χ3v) is 3.41. The molecule has 0 radical (unpaired) electrons. The molecule has 1 N–H and O–H groups in total. The number of ether oxygens (including phenoxy) is 1. The average Bonchev–Trinajstić information content (AvgIpc) is 2.51. The number of benzene rings is 1. The zero-order chi connectivity index (χ0) is 15.1. The number of rotatable bonds is 7. The number of hydrogen-bond donors (Lipinski definition) is 1. The Hall–Kier alpha value is -1.87.